The first-order valence-corrected chi connectivity index (χ1v) is 11.1. The maximum atomic E-state index is 6.03. The lowest BCUT2D eigenvalue weighted by atomic mass is 10.0. The second kappa shape index (κ2) is 16.1. The van der Waals surface area contributed by atoms with Gasteiger partial charge in [-0.25, -0.2) is 0 Å². The van der Waals surface area contributed by atoms with Crippen molar-refractivity contribution in [2.24, 2.45) is 10.9 Å². The summed E-state index contributed by atoms with van der Waals surface area (Å²) in [6, 6.07) is 8.20. The quantitative estimate of drug-likeness (QED) is 0.188. The molecule has 0 bridgehead atoms. The zero-order valence-corrected chi connectivity index (χ0v) is 21.6. The van der Waals surface area contributed by atoms with E-state index in [0.29, 0.717) is 12.5 Å². The first kappa shape index (κ1) is 27.4. The number of hydrogen-bond donors (Lipinski definition) is 2. The molecule has 0 radical (unpaired) electrons. The van der Waals surface area contributed by atoms with Crippen molar-refractivity contribution in [3.63, 3.8) is 0 Å². The number of nitrogens with zero attached hydrogens (tertiary/aromatic N) is 2. The van der Waals surface area contributed by atoms with Gasteiger partial charge in [0, 0.05) is 44.5 Å². The minimum Gasteiger partial charge on any atom is -0.381 e. The van der Waals surface area contributed by atoms with E-state index in [-0.39, 0.29) is 30.0 Å². The molecule has 8 heteroatoms. The Morgan fingerprint density at radius 3 is 2.57 bits per heavy atom. The minimum atomic E-state index is 0. The third-order valence-electron chi connectivity index (χ3n) is 5.10. The molecule has 172 valence electrons. The third-order valence-corrected chi connectivity index (χ3v) is 5.35. The molecule has 1 heterocycles. The zero-order chi connectivity index (χ0) is 20.9. The molecule has 1 fully saturated rings. The highest BCUT2D eigenvalue weighted by molar-refractivity contribution is 14.0. The molecule has 0 spiro atoms. The molecule has 30 heavy (non-hydrogen) atoms. The fourth-order valence-corrected chi connectivity index (χ4v) is 3.44. The van der Waals surface area contributed by atoms with E-state index in [9.17, 15) is 0 Å². The highest BCUT2D eigenvalue weighted by Gasteiger charge is 2.15. The molecule has 0 amide bonds. The van der Waals surface area contributed by atoms with Crippen molar-refractivity contribution >= 4 is 41.5 Å². The van der Waals surface area contributed by atoms with E-state index in [1.807, 2.05) is 12.1 Å². The Labute approximate surface area is 204 Å². The Hall–Kier alpha value is -0.610. The van der Waals surface area contributed by atoms with Crippen LogP contribution in [0.4, 0.5) is 0 Å². The predicted molar refractivity (Wildman–Crippen MR) is 136 cm³/mol. The van der Waals surface area contributed by atoms with Gasteiger partial charge in [-0.2, -0.15) is 0 Å². The average Bonchev–Trinajstić information content (AvgIpc) is 2.72. The summed E-state index contributed by atoms with van der Waals surface area (Å²) in [7, 11) is 4.15. The van der Waals surface area contributed by atoms with E-state index >= 15 is 0 Å². The van der Waals surface area contributed by atoms with E-state index in [1.165, 1.54) is 5.56 Å². The van der Waals surface area contributed by atoms with Crippen LogP contribution in [0.1, 0.15) is 37.8 Å². The normalized spacial score (nSPS) is 16.2. The molecule has 0 aliphatic carbocycles. The molecule has 6 nitrogen and oxygen atoms in total. The van der Waals surface area contributed by atoms with Gasteiger partial charge in [-0.1, -0.05) is 23.7 Å². The largest absolute Gasteiger partial charge is 0.381 e. The highest BCUT2D eigenvalue weighted by atomic mass is 127. The van der Waals surface area contributed by atoms with Gasteiger partial charge in [0.25, 0.3) is 0 Å². The van der Waals surface area contributed by atoms with Gasteiger partial charge in [-0.3, -0.25) is 4.99 Å². The lowest BCUT2D eigenvalue weighted by Gasteiger charge is -2.24. The van der Waals surface area contributed by atoms with Gasteiger partial charge in [0.2, 0.25) is 0 Å². The predicted octanol–water partition coefficient (Wildman–Crippen LogP) is 3.95. The van der Waals surface area contributed by atoms with Crippen LogP contribution >= 0.6 is 35.6 Å². The van der Waals surface area contributed by atoms with Gasteiger partial charge in [-0.05, 0) is 63.9 Å². The van der Waals surface area contributed by atoms with E-state index in [4.69, 9.17) is 26.1 Å². The van der Waals surface area contributed by atoms with E-state index in [2.05, 4.69) is 48.7 Å². The van der Waals surface area contributed by atoms with Crippen LogP contribution in [0.15, 0.2) is 29.3 Å². The number of ether oxygens (including phenoxy) is 2. The molecule has 2 rings (SSSR count). The zero-order valence-electron chi connectivity index (χ0n) is 18.5. The minimum absolute atomic E-state index is 0. The van der Waals surface area contributed by atoms with Crippen LogP contribution in [-0.2, 0) is 9.47 Å². The monoisotopic (exact) mass is 552 g/mol. The molecule has 1 saturated heterocycles. The maximum Gasteiger partial charge on any atom is 0.191 e. The summed E-state index contributed by atoms with van der Waals surface area (Å²) < 4.78 is 11.2. The van der Waals surface area contributed by atoms with Crippen LogP contribution in [0.5, 0.6) is 0 Å². The fraction of sp³-hybridized carbons (Fsp3) is 0.682. The Bertz CT molecular complexity index is 595. The summed E-state index contributed by atoms with van der Waals surface area (Å²) >= 11 is 6.03. The number of aliphatic imine (C=N–C) groups is 1. The summed E-state index contributed by atoms with van der Waals surface area (Å²) in [6.07, 6.45) is 3.20. The highest BCUT2D eigenvalue weighted by Crippen LogP contribution is 2.20. The SMILES string of the molecule is CCNC(=NCC(c1ccc(Cl)cc1)N(C)C)NCCCOCC1CCOCC1.I. The summed E-state index contributed by atoms with van der Waals surface area (Å²) in [5, 5.41) is 7.49. The first-order valence-electron chi connectivity index (χ1n) is 10.7. The Kier molecular flexibility index (Phi) is 14.7. The number of hydrogen-bond acceptors (Lipinski definition) is 4. The molecular weight excluding hydrogens is 515 g/mol. The van der Waals surface area contributed by atoms with Gasteiger partial charge >= 0.3 is 0 Å². The molecule has 1 aromatic rings. The summed E-state index contributed by atoms with van der Waals surface area (Å²) in [5.41, 5.74) is 1.21. The number of benzene rings is 1. The van der Waals surface area contributed by atoms with Crippen LogP contribution in [0.3, 0.4) is 0 Å². The van der Waals surface area contributed by atoms with E-state index < -0.39 is 0 Å². The van der Waals surface area contributed by atoms with Crippen molar-refractivity contribution in [2.45, 2.75) is 32.2 Å². The molecule has 1 unspecified atom stereocenters. The molecule has 2 N–H and O–H groups in total. The fourth-order valence-electron chi connectivity index (χ4n) is 3.32. The molecule has 1 aliphatic heterocycles. The van der Waals surface area contributed by atoms with Crippen molar-refractivity contribution in [1.29, 1.82) is 0 Å². The topological polar surface area (TPSA) is 58.1 Å². The number of likely N-dealkylation sites (N-methyl/N-ethyl adjacent to an activating group) is 1. The average molecular weight is 553 g/mol. The number of nitrogens with one attached hydrogen (secondary N) is 2. The van der Waals surface area contributed by atoms with Crippen molar-refractivity contribution in [3.8, 4) is 0 Å². The second-order valence-corrected chi connectivity index (χ2v) is 8.10. The molecule has 1 atom stereocenters. The van der Waals surface area contributed by atoms with E-state index in [1.54, 1.807) is 0 Å². The summed E-state index contributed by atoms with van der Waals surface area (Å²) in [4.78, 5) is 6.97. The van der Waals surface area contributed by atoms with Crippen LogP contribution in [0, 0.1) is 5.92 Å². The second-order valence-electron chi connectivity index (χ2n) is 7.66. The Morgan fingerprint density at radius 1 is 1.23 bits per heavy atom. The van der Waals surface area contributed by atoms with Crippen molar-refractivity contribution in [2.75, 3.05) is 60.2 Å². The smallest absolute Gasteiger partial charge is 0.191 e. The van der Waals surface area contributed by atoms with Gasteiger partial charge < -0.3 is 25.0 Å². The van der Waals surface area contributed by atoms with E-state index in [0.717, 1.165) is 69.8 Å². The van der Waals surface area contributed by atoms with Gasteiger partial charge in [0.05, 0.1) is 12.6 Å². The third kappa shape index (κ3) is 10.6. The maximum absolute atomic E-state index is 6.03. The lowest BCUT2D eigenvalue weighted by molar-refractivity contribution is 0.0203. The lowest BCUT2D eigenvalue weighted by Crippen LogP contribution is -2.38. The van der Waals surface area contributed by atoms with Gasteiger partial charge in [0.15, 0.2) is 5.96 Å². The summed E-state index contributed by atoms with van der Waals surface area (Å²) in [5.74, 6) is 1.50. The summed E-state index contributed by atoms with van der Waals surface area (Å²) in [6.45, 7) is 7.80. The van der Waals surface area contributed by atoms with Crippen LogP contribution in [0.25, 0.3) is 0 Å². The van der Waals surface area contributed by atoms with Crippen LogP contribution in [-0.4, -0.2) is 71.0 Å². The van der Waals surface area contributed by atoms with Gasteiger partial charge in [0.1, 0.15) is 0 Å². The van der Waals surface area contributed by atoms with Crippen molar-refractivity contribution in [3.05, 3.63) is 34.9 Å². The van der Waals surface area contributed by atoms with Crippen LogP contribution < -0.4 is 10.6 Å². The standard InChI is InChI=1S/C22H37ClN4O2.HI/c1-4-24-22(25-12-5-13-29-17-18-10-14-28-15-11-18)26-16-21(27(2)3)19-6-8-20(23)9-7-19;/h6-9,18,21H,4-5,10-17H2,1-3H3,(H2,24,25,26);1H. The Morgan fingerprint density at radius 2 is 1.93 bits per heavy atom. The molecular formula is C22H38ClIN4O2. The first-order chi connectivity index (χ1) is 14.1. The molecule has 1 aromatic carbocycles. The Balaban J connectivity index is 0.00000450. The molecule has 0 saturated carbocycles. The van der Waals surface area contributed by atoms with Crippen molar-refractivity contribution in [1.82, 2.24) is 15.5 Å². The number of halogens is 2. The van der Waals surface area contributed by atoms with Crippen LogP contribution in [0.2, 0.25) is 5.02 Å². The number of rotatable bonds is 11. The van der Waals surface area contributed by atoms with Gasteiger partial charge in [-0.15, -0.1) is 24.0 Å². The molecule has 1 aliphatic rings. The van der Waals surface area contributed by atoms with Crippen molar-refractivity contribution < 1.29 is 9.47 Å². The molecule has 0 aromatic heterocycles. The number of guanidine groups is 1.